The molecule has 0 heterocycles. The Morgan fingerprint density at radius 3 is 1.26 bits per heavy atom. The van der Waals surface area contributed by atoms with Crippen LogP contribution in [0.5, 0.6) is 0 Å². The Hall–Kier alpha value is -1.32. The largest absolute Gasteiger partial charge is 0.550 e. The summed E-state index contributed by atoms with van der Waals surface area (Å²) in [5.74, 6) is -2.21. The van der Waals surface area contributed by atoms with E-state index in [1.165, 1.54) is 154 Å². The molecule has 0 bridgehead atoms. The molecule has 42 heavy (non-hydrogen) atoms. The lowest BCUT2D eigenvalue weighted by molar-refractivity contribution is -0.306. The first-order valence-corrected chi connectivity index (χ1v) is 18.6. The third-order valence-electron chi connectivity index (χ3n) is 8.55. The van der Waals surface area contributed by atoms with Crippen molar-refractivity contribution in [3.63, 3.8) is 0 Å². The Morgan fingerprint density at radius 2 is 0.881 bits per heavy atom. The summed E-state index contributed by atoms with van der Waals surface area (Å²) < 4.78 is 5.43. The van der Waals surface area contributed by atoms with Crippen LogP contribution in [0.1, 0.15) is 206 Å². The first kappa shape index (κ1) is 40.7. The molecular weight excluding hydrogens is 520 g/mol. The van der Waals surface area contributed by atoms with E-state index in [1.807, 2.05) is 6.08 Å². The van der Waals surface area contributed by atoms with Crippen molar-refractivity contribution in [3.05, 3.63) is 12.2 Å². The van der Waals surface area contributed by atoms with Gasteiger partial charge in [0.2, 0.25) is 0 Å². The maximum atomic E-state index is 12.5. The fourth-order valence-corrected chi connectivity index (χ4v) is 5.71. The Morgan fingerprint density at radius 1 is 0.524 bits per heavy atom. The number of allylic oxidation sites excluding steroid dienone is 2. The smallest absolute Gasteiger partial charge is 0.309 e. The van der Waals surface area contributed by atoms with Gasteiger partial charge in [0, 0.05) is 12.4 Å². The number of esters is 1. The minimum Gasteiger partial charge on any atom is -0.550 e. The molecule has 4 heteroatoms. The van der Waals surface area contributed by atoms with Crippen LogP contribution >= 0.6 is 0 Å². The first-order chi connectivity index (χ1) is 20.6. The highest BCUT2D eigenvalue weighted by atomic mass is 16.5. The third-order valence-corrected chi connectivity index (χ3v) is 8.55. The van der Waals surface area contributed by atoms with Gasteiger partial charge in [-0.2, -0.15) is 0 Å². The average Bonchev–Trinajstić information content (AvgIpc) is 2.98. The minimum atomic E-state index is -1.18. The molecule has 0 rings (SSSR count). The van der Waals surface area contributed by atoms with Crippen LogP contribution in [0.25, 0.3) is 0 Å². The van der Waals surface area contributed by atoms with Crippen molar-refractivity contribution in [2.75, 3.05) is 6.61 Å². The lowest BCUT2D eigenvalue weighted by Crippen LogP contribution is -2.29. The summed E-state index contributed by atoms with van der Waals surface area (Å²) in [4.78, 5) is 23.6. The van der Waals surface area contributed by atoms with Crippen LogP contribution in [0.4, 0.5) is 0 Å². The van der Waals surface area contributed by atoms with Crippen molar-refractivity contribution in [2.24, 2.45) is 5.92 Å². The number of carbonyl (C=O) groups is 2. The molecule has 4 nitrogen and oxygen atoms in total. The molecule has 0 radical (unpaired) electrons. The van der Waals surface area contributed by atoms with Gasteiger partial charge in [-0.3, -0.25) is 4.79 Å². The summed E-state index contributed by atoms with van der Waals surface area (Å²) in [5.41, 5.74) is 0. The summed E-state index contributed by atoms with van der Waals surface area (Å²) in [5, 5.41) is 11.2. The van der Waals surface area contributed by atoms with Gasteiger partial charge in [0.1, 0.15) is 0 Å². The van der Waals surface area contributed by atoms with Crippen LogP contribution in [-0.4, -0.2) is 18.5 Å². The van der Waals surface area contributed by atoms with E-state index < -0.39 is 11.9 Å². The van der Waals surface area contributed by atoms with E-state index in [4.69, 9.17) is 4.74 Å². The van der Waals surface area contributed by atoms with Gasteiger partial charge in [-0.1, -0.05) is 187 Å². The fourth-order valence-electron chi connectivity index (χ4n) is 5.71. The standard InChI is InChI=1S/C38H72O4/c1-3-5-7-9-11-13-15-17-19-20-21-23-25-27-29-31-33-36(35-37(39)40)38(41)42-34-32-30-28-26-24-22-18-16-14-12-10-8-6-4-2/h29,31,36H,3-28,30,32-35H2,1-2H3,(H,39,40)/p-1. The lowest BCUT2D eigenvalue weighted by Gasteiger charge is -2.15. The van der Waals surface area contributed by atoms with Gasteiger partial charge in [-0.05, 0) is 25.7 Å². The molecule has 0 aliphatic carbocycles. The second kappa shape index (κ2) is 34.2. The van der Waals surface area contributed by atoms with E-state index in [2.05, 4.69) is 19.9 Å². The monoisotopic (exact) mass is 592 g/mol. The highest BCUT2D eigenvalue weighted by Gasteiger charge is 2.19. The zero-order valence-corrected chi connectivity index (χ0v) is 28.3. The highest BCUT2D eigenvalue weighted by molar-refractivity contribution is 5.78. The lowest BCUT2D eigenvalue weighted by atomic mass is 10.0. The molecule has 0 spiro atoms. The number of carboxylic acids is 1. The summed E-state index contributed by atoms with van der Waals surface area (Å²) in [7, 11) is 0. The van der Waals surface area contributed by atoms with Crippen LogP contribution in [0.3, 0.4) is 0 Å². The molecule has 0 fully saturated rings. The molecule has 248 valence electrons. The predicted octanol–water partition coefficient (Wildman–Crippen LogP) is 11.2. The van der Waals surface area contributed by atoms with Crippen molar-refractivity contribution in [3.8, 4) is 0 Å². The summed E-state index contributed by atoms with van der Waals surface area (Å²) in [6, 6.07) is 0. The van der Waals surface area contributed by atoms with Crippen molar-refractivity contribution in [1.29, 1.82) is 0 Å². The van der Waals surface area contributed by atoms with Crippen molar-refractivity contribution < 1.29 is 19.4 Å². The maximum Gasteiger partial charge on any atom is 0.309 e. The molecule has 0 aromatic rings. The first-order valence-electron chi connectivity index (χ1n) is 18.6. The van der Waals surface area contributed by atoms with E-state index in [9.17, 15) is 14.7 Å². The molecule has 0 aliphatic heterocycles. The van der Waals surface area contributed by atoms with Crippen LogP contribution in [0.2, 0.25) is 0 Å². The highest BCUT2D eigenvalue weighted by Crippen LogP contribution is 2.16. The normalized spacial score (nSPS) is 12.2. The minimum absolute atomic E-state index is 0.263. The summed E-state index contributed by atoms with van der Waals surface area (Å²) in [6.45, 7) is 4.93. The molecule has 0 amide bonds. The number of carbonyl (C=O) groups excluding carboxylic acids is 2. The molecule has 0 N–H and O–H groups in total. The van der Waals surface area contributed by atoms with E-state index >= 15 is 0 Å². The number of unbranched alkanes of at least 4 members (excludes halogenated alkanes) is 26. The van der Waals surface area contributed by atoms with Gasteiger partial charge in [0.25, 0.3) is 0 Å². The van der Waals surface area contributed by atoms with Gasteiger partial charge in [-0.25, -0.2) is 0 Å². The quantitative estimate of drug-likeness (QED) is 0.0424. The maximum absolute atomic E-state index is 12.5. The second-order valence-electron chi connectivity index (χ2n) is 12.8. The van der Waals surface area contributed by atoms with Crippen molar-refractivity contribution in [1.82, 2.24) is 0 Å². The SMILES string of the molecule is CCCCCCCCCCCCCCCC=CCC(CC(=O)[O-])C(=O)OCCCCCCCCCCCCCCCC. The van der Waals surface area contributed by atoms with Crippen molar-refractivity contribution >= 4 is 11.9 Å². The topological polar surface area (TPSA) is 66.4 Å². The zero-order chi connectivity index (χ0) is 30.8. The van der Waals surface area contributed by atoms with Gasteiger partial charge in [0.05, 0.1) is 12.5 Å². The van der Waals surface area contributed by atoms with Crippen LogP contribution in [0.15, 0.2) is 12.2 Å². The molecule has 0 aliphatic rings. The van der Waals surface area contributed by atoms with Crippen molar-refractivity contribution in [2.45, 2.75) is 206 Å². The predicted molar refractivity (Wildman–Crippen MR) is 178 cm³/mol. The van der Waals surface area contributed by atoms with Gasteiger partial charge < -0.3 is 14.6 Å². The second-order valence-corrected chi connectivity index (χ2v) is 12.8. The zero-order valence-electron chi connectivity index (χ0n) is 28.3. The number of aliphatic carboxylic acids is 1. The molecule has 0 aromatic heterocycles. The Kier molecular flexibility index (Phi) is 33.1. The Bertz CT molecular complexity index is 600. The summed E-state index contributed by atoms with van der Waals surface area (Å²) in [6.07, 6.45) is 40.7. The average molecular weight is 592 g/mol. The van der Waals surface area contributed by atoms with Gasteiger partial charge in [-0.15, -0.1) is 0 Å². The summed E-state index contributed by atoms with van der Waals surface area (Å²) >= 11 is 0. The molecule has 0 aromatic carbocycles. The fraction of sp³-hybridized carbons (Fsp3) is 0.895. The number of rotatable bonds is 34. The third kappa shape index (κ3) is 31.6. The Labute approximate surface area is 262 Å². The number of hydrogen-bond acceptors (Lipinski definition) is 4. The van der Waals surface area contributed by atoms with Crippen LogP contribution in [-0.2, 0) is 14.3 Å². The molecule has 1 atom stereocenters. The molecule has 0 saturated carbocycles. The Balaban J connectivity index is 3.69. The molecule has 0 saturated heterocycles. The van der Waals surface area contributed by atoms with Gasteiger partial charge >= 0.3 is 5.97 Å². The van der Waals surface area contributed by atoms with E-state index in [0.717, 1.165) is 25.7 Å². The van der Waals surface area contributed by atoms with E-state index in [-0.39, 0.29) is 12.4 Å². The van der Waals surface area contributed by atoms with Crippen LogP contribution < -0.4 is 5.11 Å². The number of hydrogen-bond donors (Lipinski definition) is 0. The van der Waals surface area contributed by atoms with E-state index in [1.54, 1.807) is 0 Å². The molecular formula is C38H71O4-. The molecule has 1 unspecified atom stereocenters. The van der Waals surface area contributed by atoms with Crippen LogP contribution in [0, 0.1) is 5.92 Å². The van der Waals surface area contributed by atoms with Gasteiger partial charge in [0.15, 0.2) is 0 Å². The number of ether oxygens (including phenoxy) is 1. The number of carboxylic acid groups (broad SMARTS) is 1. The van der Waals surface area contributed by atoms with E-state index in [0.29, 0.717) is 13.0 Å².